The van der Waals surface area contributed by atoms with Crippen LogP contribution in [-0.4, -0.2) is 18.5 Å². The zero-order valence-corrected chi connectivity index (χ0v) is 11.9. The second-order valence-electron chi connectivity index (χ2n) is 4.86. The molecule has 100 valence electrons. The first-order valence-corrected chi connectivity index (χ1v) is 6.79. The highest BCUT2D eigenvalue weighted by Gasteiger charge is 2.01. The van der Waals surface area contributed by atoms with Crippen LogP contribution < -0.4 is 5.73 Å². The molecule has 2 N–H and O–H groups in total. The molecule has 0 aliphatic heterocycles. The Bertz CT molecular complexity index is 523. The van der Waals surface area contributed by atoms with Gasteiger partial charge in [0, 0.05) is 23.8 Å². The summed E-state index contributed by atoms with van der Waals surface area (Å²) in [4.78, 5) is 2.30. The molecule has 0 radical (unpaired) electrons. The van der Waals surface area contributed by atoms with Crippen LogP contribution in [0.2, 0.25) is 5.02 Å². The van der Waals surface area contributed by atoms with Gasteiger partial charge in [-0.05, 0) is 48.9 Å². The molecule has 2 nitrogen and oxygen atoms in total. The van der Waals surface area contributed by atoms with Crippen molar-refractivity contribution < 1.29 is 0 Å². The number of nitrogens with zero attached hydrogens (tertiary/aromatic N) is 1. The van der Waals surface area contributed by atoms with Crippen molar-refractivity contribution in [1.82, 2.24) is 4.90 Å². The first-order chi connectivity index (χ1) is 9.13. The third kappa shape index (κ3) is 4.58. The Morgan fingerprint density at radius 3 is 2.47 bits per heavy atom. The van der Waals surface area contributed by atoms with Gasteiger partial charge in [-0.2, -0.15) is 0 Å². The number of halogens is 1. The van der Waals surface area contributed by atoms with Gasteiger partial charge in [0.2, 0.25) is 0 Å². The molecule has 0 aliphatic carbocycles. The van der Waals surface area contributed by atoms with E-state index >= 15 is 0 Å². The normalized spacial score (nSPS) is 10.9. The van der Waals surface area contributed by atoms with Gasteiger partial charge in [-0.3, -0.25) is 0 Å². The van der Waals surface area contributed by atoms with E-state index in [9.17, 15) is 0 Å². The summed E-state index contributed by atoms with van der Waals surface area (Å²) in [5, 5.41) is 0.783. The number of anilines is 1. The minimum absolute atomic E-state index is 0.783. The van der Waals surface area contributed by atoms with Gasteiger partial charge in [-0.25, -0.2) is 0 Å². The molecule has 0 heterocycles. The molecule has 0 fully saturated rings. The highest BCUT2D eigenvalue weighted by Crippen LogP contribution is 2.12. The van der Waals surface area contributed by atoms with E-state index in [0.29, 0.717) is 0 Å². The van der Waals surface area contributed by atoms with Crippen molar-refractivity contribution in [2.75, 3.05) is 19.3 Å². The average Bonchev–Trinajstić information content (AvgIpc) is 2.39. The summed E-state index contributed by atoms with van der Waals surface area (Å²) in [6, 6.07) is 16.1. The van der Waals surface area contributed by atoms with Crippen molar-refractivity contribution >= 4 is 17.3 Å². The fraction of sp³-hybridized carbons (Fsp3) is 0.250. The number of rotatable bonds is 5. The lowest BCUT2D eigenvalue weighted by molar-refractivity contribution is 0.331. The molecule has 0 aliphatic rings. The fourth-order valence-corrected chi connectivity index (χ4v) is 2.18. The molecule has 2 aromatic rings. The molecule has 0 amide bonds. The second kappa shape index (κ2) is 6.60. The fourth-order valence-electron chi connectivity index (χ4n) is 2.05. The van der Waals surface area contributed by atoms with Gasteiger partial charge in [0.05, 0.1) is 0 Å². The Labute approximate surface area is 119 Å². The van der Waals surface area contributed by atoms with Crippen molar-refractivity contribution in [2.24, 2.45) is 0 Å². The predicted octanol–water partition coefficient (Wildman–Crippen LogP) is 3.60. The maximum Gasteiger partial charge on any atom is 0.0406 e. The molecule has 0 atom stereocenters. The van der Waals surface area contributed by atoms with Gasteiger partial charge >= 0.3 is 0 Å². The Morgan fingerprint density at radius 1 is 1.05 bits per heavy atom. The highest BCUT2D eigenvalue weighted by atomic mass is 35.5. The van der Waals surface area contributed by atoms with Crippen molar-refractivity contribution in [1.29, 1.82) is 0 Å². The number of nitrogen functional groups attached to an aromatic ring is 1. The van der Waals surface area contributed by atoms with Gasteiger partial charge in [-0.15, -0.1) is 0 Å². The zero-order valence-electron chi connectivity index (χ0n) is 11.1. The summed E-state index contributed by atoms with van der Waals surface area (Å²) in [6.45, 7) is 1.94. The lowest BCUT2D eigenvalue weighted by Gasteiger charge is -2.16. The summed E-state index contributed by atoms with van der Waals surface area (Å²) in [5.41, 5.74) is 9.17. The third-order valence-electron chi connectivity index (χ3n) is 3.10. The first-order valence-electron chi connectivity index (χ1n) is 6.41. The summed E-state index contributed by atoms with van der Waals surface area (Å²) in [5.74, 6) is 0. The van der Waals surface area contributed by atoms with Crippen LogP contribution in [0.25, 0.3) is 0 Å². The smallest absolute Gasteiger partial charge is 0.0406 e. The summed E-state index contributed by atoms with van der Waals surface area (Å²) < 4.78 is 0. The maximum atomic E-state index is 5.88. The monoisotopic (exact) mass is 274 g/mol. The zero-order chi connectivity index (χ0) is 13.7. The lowest BCUT2D eigenvalue weighted by atomic mass is 10.1. The van der Waals surface area contributed by atoms with Gasteiger partial charge < -0.3 is 10.6 Å². The van der Waals surface area contributed by atoms with Crippen LogP contribution in [0.5, 0.6) is 0 Å². The van der Waals surface area contributed by atoms with Crippen LogP contribution in [0.3, 0.4) is 0 Å². The van der Waals surface area contributed by atoms with E-state index in [2.05, 4.69) is 30.1 Å². The van der Waals surface area contributed by atoms with E-state index in [-0.39, 0.29) is 0 Å². The molecule has 0 saturated heterocycles. The molecule has 2 aromatic carbocycles. The molecule has 0 unspecified atom stereocenters. The SMILES string of the molecule is CN(CCc1cccc(N)c1)Cc1ccc(Cl)cc1. The van der Waals surface area contributed by atoms with Crippen molar-refractivity contribution in [3.05, 3.63) is 64.7 Å². The number of hydrogen-bond donors (Lipinski definition) is 1. The number of hydrogen-bond acceptors (Lipinski definition) is 2. The van der Waals surface area contributed by atoms with Gasteiger partial charge in [-0.1, -0.05) is 35.9 Å². The Kier molecular flexibility index (Phi) is 4.83. The largest absolute Gasteiger partial charge is 0.399 e. The predicted molar refractivity (Wildman–Crippen MR) is 82.3 cm³/mol. The topological polar surface area (TPSA) is 29.3 Å². The molecule has 0 bridgehead atoms. The van der Waals surface area contributed by atoms with Crippen molar-refractivity contribution in [3.8, 4) is 0 Å². The lowest BCUT2D eigenvalue weighted by Crippen LogP contribution is -2.20. The van der Waals surface area contributed by atoms with E-state index in [1.54, 1.807) is 0 Å². The van der Waals surface area contributed by atoms with Crippen LogP contribution in [0, 0.1) is 0 Å². The second-order valence-corrected chi connectivity index (χ2v) is 5.30. The van der Waals surface area contributed by atoms with Gasteiger partial charge in [0.1, 0.15) is 0 Å². The standard InChI is InChI=1S/C16H19ClN2/c1-19(12-14-5-7-15(17)8-6-14)10-9-13-3-2-4-16(18)11-13/h2-8,11H,9-10,12,18H2,1H3. The van der Waals surface area contributed by atoms with Crippen LogP contribution in [0.4, 0.5) is 5.69 Å². The van der Waals surface area contributed by atoms with Crippen molar-refractivity contribution in [3.63, 3.8) is 0 Å². The minimum Gasteiger partial charge on any atom is -0.399 e. The summed E-state index contributed by atoms with van der Waals surface area (Å²) in [6.07, 6.45) is 1.01. The quantitative estimate of drug-likeness (QED) is 0.844. The van der Waals surface area contributed by atoms with Crippen LogP contribution in [0.15, 0.2) is 48.5 Å². The molecule has 0 saturated carbocycles. The number of benzene rings is 2. The molecular formula is C16H19ClN2. The van der Waals surface area contributed by atoms with Gasteiger partial charge in [0.15, 0.2) is 0 Å². The van der Waals surface area contributed by atoms with Crippen LogP contribution in [0.1, 0.15) is 11.1 Å². The molecule has 2 rings (SSSR count). The van der Waals surface area contributed by atoms with E-state index < -0.39 is 0 Å². The molecular weight excluding hydrogens is 256 g/mol. The van der Waals surface area contributed by atoms with Gasteiger partial charge in [0.25, 0.3) is 0 Å². The number of likely N-dealkylation sites (N-methyl/N-ethyl adjacent to an activating group) is 1. The number of nitrogens with two attached hydrogens (primary N) is 1. The van der Waals surface area contributed by atoms with E-state index in [4.69, 9.17) is 17.3 Å². The van der Waals surface area contributed by atoms with Crippen LogP contribution >= 0.6 is 11.6 Å². The Hall–Kier alpha value is -1.51. The minimum atomic E-state index is 0.783. The Morgan fingerprint density at radius 2 is 1.79 bits per heavy atom. The first kappa shape index (κ1) is 13.9. The van der Waals surface area contributed by atoms with Crippen molar-refractivity contribution in [2.45, 2.75) is 13.0 Å². The van der Waals surface area contributed by atoms with E-state index in [1.165, 1.54) is 11.1 Å². The molecule has 0 spiro atoms. The third-order valence-corrected chi connectivity index (χ3v) is 3.35. The summed E-state index contributed by atoms with van der Waals surface area (Å²) in [7, 11) is 2.13. The van der Waals surface area contributed by atoms with E-state index in [1.807, 2.05) is 30.3 Å². The maximum absolute atomic E-state index is 5.88. The molecule has 3 heteroatoms. The van der Waals surface area contributed by atoms with E-state index in [0.717, 1.165) is 30.2 Å². The average molecular weight is 275 g/mol. The van der Waals surface area contributed by atoms with Crippen LogP contribution in [-0.2, 0) is 13.0 Å². The Balaban J connectivity index is 1.84. The summed E-state index contributed by atoms with van der Waals surface area (Å²) >= 11 is 5.88. The highest BCUT2D eigenvalue weighted by molar-refractivity contribution is 6.30. The molecule has 0 aromatic heterocycles. The molecule has 19 heavy (non-hydrogen) atoms.